The number of hydrogen-bond donors (Lipinski definition) is 1. The van der Waals surface area contributed by atoms with Crippen LogP contribution >= 0.6 is 0 Å². The zero-order valence-electron chi connectivity index (χ0n) is 13.0. The molecule has 8 heteroatoms. The summed E-state index contributed by atoms with van der Waals surface area (Å²) >= 11 is 0. The highest BCUT2D eigenvalue weighted by molar-refractivity contribution is 6.04. The van der Waals surface area contributed by atoms with Crippen LogP contribution in [0, 0.1) is 12.7 Å². The molecule has 0 aliphatic rings. The van der Waals surface area contributed by atoms with Gasteiger partial charge in [-0.15, -0.1) is 5.10 Å². The summed E-state index contributed by atoms with van der Waals surface area (Å²) in [5, 5.41) is 13.7. The maximum Gasteiger partial charge on any atom is 0.258 e. The minimum atomic E-state index is -0.653. The molecule has 0 radical (unpaired) electrons. The van der Waals surface area contributed by atoms with Crippen LogP contribution in [0.3, 0.4) is 0 Å². The monoisotopic (exact) mass is 327 g/mol. The van der Waals surface area contributed by atoms with E-state index in [1.807, 2.05) is 13.0 Å². The van der Waals surface area contributed by atoms with E-state index in [2.05, 4.69) is 20.8 Å². The van der Waals surface area contributed by atoms with Gasteiger partial charge in [0.25, 0.3) is 5.91 Å². The van der Waals surface area contributed by atoms with Crippen molar-refractivity contribution < 1.29 is 13.9 Å². The SMILES string of the molecule is COc1ccc(C(=O)Nc2ccc(C)c(-n3cnnn3)c2)c(F)c1. The lowest BCUT2D eigenvalue weighted by Crippen LogP contribution is -2.14. The fourth-order valence-corrected chi connectivity index (χ4v) is 2.21. The molecule has 0 unspecified atom stereocenters. The molecule has 0 saturated carbocycles. The number of carbonyl (C=O) groups excluding carboxylic acids is 1. The van der Waals surface area contributed by atoms with E-state index in [1.165, 1.54) is 30.3 Å². The number of hydrogen-bond acceptors (Lipinski definition) is 5. The average molecular weight is 327 g/mol. The predicted molar refractivity (Wildman–Crippen MR) is 84.8 cm³/mol. The van der Waals surface area contributed by atoms with Crippen molar-refractivity contribution in [1.29, 1.82) is 0 Å². The lowest BCUT2D eigenvalue weighted by Gasteiger charge is -2.10. The zero-order valence-corrected chi connectivity index (χ0v) is 13.0. The standard InChI is InChI=1S/C16H14FN5O2/c1-10-3-4-11(7-15(10)22-9-18-20-21-22)19-16(23)13-6-5-12(24-2)8-14(13)17/h3-9H,1-2H3,(H,19,23). The Hall–Kier alpha value is -3.29. The number of nitrogens with one attached hydrogen (secondary N) is 1. The van der Waals surface area contributed by atoms with Gasteiger partial charge in [-0.2, -0.15) is 0 Å². The number of ether oxygens (including phenoxy) is 1. The summed E-state index contributed by atoms with van der Waals surface area (Å²) in [6.45, 7) is 1.89. The van der Waals surface area contributed by atoms with Crippen molar-refractivity contribution in [3.8, 4) is 11.4 Å². The molecule has 0 saturated heterocycles. The molecule has 122 valence electrons. The summed E-state index contributed by atoms with van der Waals surface area (Å²) in [5.74, 6) is -0.860. The predicted octanol–water partition coefficient (Wildman–Crippen LogP) is 2.37. The third kappa shape index (κ3) is 3.07. The first-order chi connectivity index (χ1) is 11.6. The van der Waals surface area contributed by atoms with E-state index in [-0.39, 0.29) is 5.56 Å². The van der Waals surface area contributed by atoms with Crippen LogP contribution < -0.4 is 10.1 Å². The van der Waals surface area contributed by atoms with Gasteiger partial charge in [0.2, 0.25) is 0 Å². The number of benzene rings is 2. The van der Waals surface area contributed by atoms with Crippen molar-refractivity contribution in [2.45, 2.75) is 6.92 Å². The molecule has 1 amide bonds. The lowest BCUT2D eigenvalue weighted by atomic mass is 10.1. The molecule has 0 aliphatic heterocycles. The maximum atomic E-state index is 14.0. The number of rotatable bonds is 4. The first-order valence-corrected chi connectivity index (χ1v) is 7.07. The van der Waals surface area contributed by atoms with Crippen LogP contribution in [0.25, 0.3) is 5.69 Å². The number of aromatic nitrogens is 4. The molecule has 0 aliphatic carbocycles. The summed E-state index contributed by atoms with van der Waals surface area (Å²) in [4.78, 5) is 12.3. The molecule has 0 bridgehead atoms. The lowest BCUT2D eigenvalue weighted by molar-refractivity contribution is 0.102. The number of nitrogens with zero attached hydrogens (tertiary/aromatic N) is 4. The second kappa shape index (κ2) is 6.45. The molecule has 2 aromatic carbocycles. The zero-order chi connectivity index (χ0) is 17.1. The second-order valence-electron chi connectivity index (χ2n) is 5.06. The van der Waals surface area contributed by atoms with Crippen molar-refractivity contribution >= 4 is 11.6 Å². The number of aryl methyl sites for hydroxylation is 1. The second-order valence-corrected chi connectivity index (χ2v) is 5.06. The number of tetrazole rings is 1. The molecule has 1 N–H and O–H groups in total. The number of amides is 1. The Balaban J connectivity index is 1.86. The van der Waals surface area contributed by atoms with Crippen LogP contribution in [-0.4, -0.2) is 33.2 Å². The molecule has 0 fully saturated rings. The highest BCUT2D eigenvalue weighted by atomic mass is 19.1. The van der Waals surface area contributed by atoms with Crippen LogP contribution in [-0.2, 0) is 0 Å². The molecular weight excluding hydrogens is 313 g/mol. The van der Waals surface area contributed by atoms with Gasteiger partial charge in [-0.3, -0.25) is 4.79 Å². The molecule has 0 spiro atoms. The average Bonchev–Trinajstić information content (AvgIpc) is 3.10. The molecule has 0 atom stereocenters. The van der Waals surface area contributed by atoms with E-state index < -0.39 is 11.7 Å². The highest BCUT2D eigenvalue weighted by Crippen LogP contribution is 2.21. The third-order valence-corrected chi connectivity index (χ3v) is 3.48. The highest BCUT2D eigenvalue weighted by Gasteiger charge is 2.14. The van der Waals surface area contributed by atoms with Crippen LogP contribution in [0.2, 0.25) is 0 Å². The van der Waals surface area contributed by atoms with Gasteiger partial charge in [0.05, 0.1) is 18.4 Å². The summed E-state index contributed by atoms with van der Waals surface area (Å²) < 4.78 is 20.4. The van der Waals surface area contributed by atoms with E-state index in [4.69, 9.17) is 4.74 Å². The molecule has 7 nitrogen and oxygen atoms in total. The number of halogens is 1. The number of carbonyl (C=O) groups is 1. The van der Waals surface area contributed by atoms with E-state index in [9.17, 15) is 9.18 Å². The fourth-order valence-electron chi connectivity index (χ4n) is 2.21. The van der Waals surface area contributed by atoms with Crippen molar-refractivity contribution in [2.75, 3.05) is 12.4 Å². The molecule has 3 rings (SSSR count). The van der Waals surface area contributed by atoms with Crippen LogP contribution in [0.5, 0.6) is 5.75 Å². The van der Waals surface area contributed by atoms with Gasteiger partial charge in [0.1, 0.15) is 17.9 Å². The largest absolute Gasteiger partial charge is 0.497 e. The van der Waals surface area contributed by atoms with E-state index in [1.54, 1.807) is 12.1 Å². The van der Waals surface area contributed by atoms with Gasteiger partial charge in [-0.25, -0.2) is 9.07 Å². The van der Waals surface area contributed by atoms with Gasteiger partial charge in [-0.1, -0.05) is 6.07 Å². The molecule has 1 aromatic heterocycles. The smallest absolute Gasteiger partial charge is 0.258 e. The van der Waals surface area contributed by atoms with Gasteiger partial charge in [0, 0.05) is 11.8 Å². The van der Waals surface area contributed by atoms with Gasteiger partial charge >= 0.3 is 0 Å². The Bertz CT molecular complexity index is 880. The van der Waals surface area contributed by atoms with E-state index in [0.717, 1.165) is 11.6 Å². The topological polar surface area (TPSA) is 81.9 Å². The fraction of sp³-hybridized carbons (Fsp3) is 0.125. The Labute approximate surface area is 137 Å². The quantitative estimate of drug-likeness (QED) is 0.795. The normalized spacial score (nSPS) is 10.5. The van der Waals surface area contributed by atoms with Crippen LogP contribution in [0.15, 0.2) is 42.7 Å². The molecular formula is C16H14FN5O2. The summed E-state index contributed by atoms with van der Waals surface area (Å²) in [6, 6.07) is 9.32. The summed E-state index contributed by atoms with van der Waals surface area (Å²) in [6.07, 6.45) is 1.46. The minimum Gasteiger partial charge on any atom is -0.497 e. The van der Waals surface area contributed by atoms with E-state index >= 15 is 0 Å². The molecule has 24 heavy (non-hydrogen) atoms. The summed E-state index contributed by atoms with van der Waals surface area (Å²) in [7, 11) is 1.43. The van der Waals surface area contributed by atoms with Crippen molar-refractivity contribution in [1.82, 2.24) is 20.2 Å². The number of anilines is 1. The van der Waals surface area contributed by atoms with Gasteiger partial charge in [-0.05, 0) is 47.2 Å². The Kier molecular flexibility index (Phi) is 4.19. The Morgan fingerprint density at radius 3 is 2.75 bits per heavy atom. The molecule has 3 aromatic rings. The Morgan fingerprint density at radius 1 is 1.25 bits per heavy atom. The summed E-state index contributed by atoms with van der Waals surface area (Å²) in [5.41, 5.74) is 2.08. The van der Waals surface area contributed by atoms with Crippen molar-refractivity contribution in [3.63, 3.8) is 0 Å². The minimum absolute atomic E-state index is 0.0691. The van der Waals surface area contributed by atoms with Gasteiger partial charge < -0.3 is 10.1 Å². The van der Waals surface area contributed by atoms with Crippen LogP contribution in [0.4, 0.5) is 10.1 Å². The molecule has 1 heterocycles. The van der Waals surface area contributed by atoms with Crippen molar-refractivity contribution in [2.24, 2.45) is 0 Å². The van der Waals surface area contributed by atoms with Crippen LogP contribution in [0.1, 0.15) is 15.9 Å². The first kappa shape index (κ1) is 15.6. The van der Waals surface area contributed by atoms with Gasteiger partial charge in [0.15, 0.2) is 0 Å². The van der Waals surface area contributed by atoms with Crippen molar-refractivity contribution in [3.05, 3.63) is 59.7 Å². The maximum absolute atomic E-state index is 14.0. The Morgan fingerprint density at radius 2 is 2.08 bits per heavy atom. The third-order valence-electron chi connectivity index (χ3n) is 3.48. The first-order valence-electron chi connectivity index (χ1n) is 7.07. The number of methoxy groups -OCH3 is 1. The van der Waals surface area contributed by atoms with E-state index in [0.29, 0.717) is 17.1 Å².